The van der Waals surface area contributed by atoms with Gasteiger partial charge in [0, 0.05) is 61.2 Å². The van der Waals surface area contributed by atoms with Crippen LogP contribution in [0.2, 0.25) is 5.02 Å². The number of halogens is 2. The summed E-state index contributed by atoms with van der Waals surface area (Å²) < 4.78 is 21.5. The van der Waals surface area contributed by atoms with Crippen LogP contribution in [0, 0.1) is 5.82 Å². The smallest absolute Gasteiger partial charge is 0.183 e. The lowest BCUT2D eigenvalue weighted by molar-refractivity contribution is 0.407. The maximum atomic E-state index is 14.4. The molecule has 156 valence electrons. The summed E-state index contributed by atoms with van der Waals surface area (Å²) >= 11 is 6.63. The van der Waals surface area contributed by atoms with Gasteiger partial charge >= 0.3 is 0 Å². The fourth-order valence-electron chi connectivity index (χ4n) is 4.24. The van der Waals surface area contributed by atoms with Gasteiger partial charge in [0.25, 0.3) is 0 Å². The summed E-state index contributed by atoms with van der Waals surface area (Å²) in [5.74, 6) is 0.0463. The van der Waals surface area contributed by atoms with Crippen molar-refractivity contribution in [3.8, 4) is 0 Å². The Morgan fingerprint density at radius 1 is 1.20 bits per heavy atom. The summed E-state index contributed by atoms with van der Waals surface area (Å²) in [5, 5.41) is 16.8. The molecule has 7 nitrogen and oxygen atoms in total. The Morgan fingerprint density at radius 3 is 2.73 bits per heavy atom. The first-order valence-corrected chi connectivity index (χ1v) is 10.2. The molecule has 2 atom stereocenters. The molecule has 0 radical (unpaired) electrons. The van der Waals surface area contributed by atoms with E-state index in [1.54, 1.807) is 17.9 Å². The number of piperazine rings is 1. The highest BCUT2D eigenvalue weighted by atomic mass is 35.5. The van der Waals surface area contributed by atoms with Crippen LogP contribution < -0.4 is 15.5 Å². The van der Waals surface area contributed by atoms with Crippen molar-refractivity contribution in [3.63, 3.8) is 0 Å². The van der Waals surface area contributed by atoms with Crippen molar-refractivity contribution >= 4 is 50.7 Å². The molecule has 0 amide bonds. The van der Waals surface area contributed by atoms with E-state index in [0.717, 1.165) is 18.8 Å². The average molecular weight is 429 g/mol. The molecule has 1 fully saturated rings. The molecule has 1 aliphatic heterocycles. The molecule has 2 aromatic heterocycles. The molecule has 1 aliphatic rings. The van der Waals surface area contributed by atoms with Crippen molar-refractivity contribution in [3.05, 3.63) is 41.3 Å². The molecule has 0 spiro atoms. The second kappa shape index (κ2) is 7.14. The summed E-state index contributed by atoms with van der Waals surface area (Å²) in [7, 11) is 1.76. The van der Waals surface area contributed by atoms with Crippen molar-refractivity contribution in [1.82, 2.24) is 20.3 Å². The van der Waals surface area contributed by atoms with E-state index >= 15 is 0 Å². The summed E-state index contributed by atoms with van der Waals surface area (Å²) in [6.45, 7) is 6.10. The minimum atomic E-state index is -0.404. The summed E-state index contributed by atoms with van der Waals surface area (Å²) in [5.41, 5.74) is 2.46. The molecule has 2 aromatic carbocycles. The SMILES string of the molecule is C[C@@H]1CN(c2cc(Cl)c3c(Nc4cc(F)c5nn(C)cc5c4)noc3c2)C[C@H](C)N1. The number of nitrogens with one attached hydrogen (secondary N) is 2. The van der Waals surface area contributed by atoms with Crippen LogP contribution in [-0.4, -0.2) is 40.1 Å². The molecule has 0 bridgehead atoms. The second-order valence-electron chi connectivity index (χ2n) is 8.03. The number of hydrogen-bond acceptors (Lipinski definition) is 6. The maximum absolute atomic E-state index is 14.4. The average Bonchev–Trinajstić information content (AvgIpc) is 3.24. The highest BCUT2D eigenvalue weighted by Gasteiger charge is 2.23. The molecular weight excluding hydrogens is 407 g/mol. The molecule has 4 aromatic rings. The van der Waals surface area contributed by atoms with Gasteiger partial charge in [-0.05, 0) is 32.0 Å². The third-order valence-electron chi connectivity index (χ3n) is 5.37. The maximum Gasteiger partial charge on any atom is 0.183 e. The topological polar surface area (TPSA) is 71.2 Å². The Labute approximate surface area is 177 Å². The second-order valence-corrected chi connectivity index (χ2v) is 8.44. The highest BCUT2D eigenvalue weighted by Crippen LogP contribution is 2.36. The molecule has 5 rings (SSSR count). The lowest BCUT2D eigenvalue weighted by atomic mass is 10.1. The van der Waals surface area contributed by atoms with Crippen LogP contribution in [0.15, 0.2) is 35.0 Å². The number of benzene rings is 2. The third kappa shape index (κ3) is 3.36. The zero-order valence-corrected chi connectivity index (χ0v) is 17.7. The minimum Gasteiger partial charge on any atom is -0.368 e. The normalized spacial score (nSPS) is 19.7. The first kappa shape index (κ1) is 19.1. The van der Waals surface area contributed by atoms with Gasteiger partial charge in [-0.25, -0.2) is 4.39 Å². The number of nitrogens with zero attached hydrogens (tertiary/aromatic N) is 4. The van der Waals surface area contributed by atoms with Crippen molar-refractivity contribution in [2.45, 2.75) is 25.9 Å². The number of aromatic nitrogens is 3. The predicted octanol–water partition coefficient (Wildman–Crippen LogP) is 4.44. The summed E-state index contributed by atoms with van der Waals surface area (Å²) in [6, 6.07) is 7.86. The van der Waals surface area contributed by atoms with E-state index in [9.17, 15) is 4.39 Å². The van der Waals surface area contributed by atoms with Crippen LogP contribution in [0.3, 0.4) is 0 Å². The van der Waals surface area contributed by atoms with Gasteiger partial charge in [-0.3, -0.25) is 4.68 Å². The number of rotatable bonds is 3. The molecule has 0 saturated carbocycles. The van der Waals surface area contributed by atoms with Gasteiger partial charge in [0.05, 0.1) is 10.4 Å². The standard InChI is InChI=1S/C21H22ClFN6O/c1-11-8-29(9-12(2)24-11)15-6-16(22)19-18(7-15)30-27-21(19)25-14-4-13-10-28(3)26-20(13)17(23)5-14/h4-7,10-12,24H,8-9H2,1-3H3,(H,25,27)/t11-,12+. The lowest BCUT2D eigenvalue weighted by Crippen LogP contribution is -2.54. The van der Waals surface area contributed by atoms with Gasteiger partial charge in [-0.2, -0.15) is 5.10 Å². The Balaban J connectivity index is 1.49. The quantitative estimate of drug-likeness (QED) is 0.502. The largest absolute Gasteiger partial charge is 0.368 e. The van der Waals surface area contributed by atoms with Gasteiger partial charge in [0.1, 0.15) is 5.52 Å². The number of hydrogen-bond donors (Lipinski definition) is 2. The molecule has 30 heavy (non-hydrogen) atoms. The molecule has 0 aliphatic carbocycles. The van der Waals surface area contributed by atoms with Gasteiger partial charge in [-0.1, -0.05) is 16.8 Å². The number of fused-ring (bicyclic) bond motifs is 2. The molecule has 0 unspecified atom stereocenters. The van der Waals surface area contributed by atoms with Gasteiger partial charge in [0.2, 0.25) is 0 Å². The van der Waals surface area contributed by atoms with Crippen LogP contribution in [-0.2, 0) is 7.05 Å². The van der Waals surface area contributed by atoms with Crippen LogP contribution in [0.25, 0.3) is 21.9 Å². The van der Waals surface area contributed by atoms with E-state index < -0.39 is 5.82 Å². The highest BCUT2D eigenvalue weighted by molar-refractivity contribution is 6.36. The monoisotopic (exact) mass is 428 g/mol. The minimum absolute atomic E-state index is 0.329. The lowest BCUT2D eigenvalue weighted by Gasteiger charge is -2.37. The van der Waals surface area contributed by atoms with E-state index in [2.05, 4.69) is 39.6 Å². The molecule has 3 heterocycles. The van der Waals surface area contributed by atoms with Crippen LogP contribution in [0.5, 0.6) is 0 Å². The van der Waals surface area contributed by atoms with Crippen LogP contribution in [0.1, 0.15) is 13.8 Å². The van der Waals surface area contributed by atoms with Gasteiger partial charge in [0.15, 0.2) is 17.2 Å². The molecule has 9 heteroatoms. The first-order chi connectivity index (χ1) is 14.4. The molecule has 2 N–H and O–H groups in total. The van der Waals surface area contributed by atoms with E-state index in [-0.39, 0.29) is 0 Å². The summed E-state index contributed by atoms with van der Waals surface area (Å²) in [6.07, 6.45) is 1.76. The van der Waals surface area contributed by atoms with E-state index in [1.165, 1.54) is 6.07 Å². The van der Waals surface area contributed by atoms with Gasteiger partial charge < -0.3 is 20.1 Å². The van der Waals surface area contributed by atoms with E-state index in [4.69, 9.17) is 16.1 Å². The van der Waals surface area contributed by atoms with Crippen molar-refractivity contribution in [1.29, 1.82) is 0 Å². The Hall–Kier alpha value is -2.84. The van der Waals surface area contributed by atoms with Crippen LogP contribution >= 0.6 is 11.6 Å². The zero-order valence-electron chi connectivity index (χ0n) is 16.9. The van der Waals surface area contributed by atoms with E-state index in [0.29, 0.717) is 50.5 Å². The molecule has 1 saturated heterocycles. The van der Waals surface area contributed by atoms with Crippen molar-refractivity contribution < 1.29 is 8.91 Å². The number of aryl methyl sites for hydroxylation is 1. The van der Waals surface area contributed by atoms with Crippen LogP contribution in [0.4, 0.5) is 21.6 Å². The summed E-state index contributed by atoms with van der Waals surface area (Å²) in [4.78, 5) is 2.29. The van der Waals surface area contributed by atoms with E-state index in [1.807, 2.05) is 18.2 Å². The fraction of sp³-hybridized carbons (Fsp3) is 0.333. The predicted molar refractivity (Wildman–Crippen MR) is 117 cm³/mol. The number of anilines is 3. The first-order valence-electron chi connectivity index (χ1n) is 9.87. The fourth-order valence-corrected chi connectivity index (χ4v) is 4.53. The zero-order chi connectivity index (χ0) is 21.0. The van der Waals surface area contributed by atoms with Gasteiger partial charge in [-0.15, -0.1) is 0 Å². The Kier molecular flexibility index (Phi) is 4.56. The Morgan fingerprint density at radius 2 is 1.97 bits per heavy atom. The third-order valence-corrected chi connectivity index (χ3v) is 5.67. The van der Waals surface area contributed by atoms with Crippen molar-refractivity contribution in [2.75, 3.05) is 23.3 Å². The Bertz CT molecular complexity index is 1240. The molecular formula is C21H22ClFN6O. The van der Waals surface area contributed by atoms with Crippen molar-refractivity contribution in [2.24, 2.45) is 7.05 Å².